The molecule has 2 aliphatic rings. The molecule has 1 N–H and O–H groups in total. The Morgan fingerprint density at radius 1 is 0.929 bits per heavy atom. The Morgan fingerprint density at radius 2 is 1.54 bits per heavy atom. The Labute approximate surface area is 159 Å². The Hall–Kier alpha value is -3.31. The smallest absolute Gasteiger partial charge is 0.443 e. The number of benzene rings is 3. The molecule has 0 bridgehead atoms. The predicted octanol–water partition coefficient (Wildman–Crippen LogP) is 3.84. The van der Waals surface area contributed by atoms with Crippen LogP contribution in [-0.4, -0.2) is 22.6 Å². The van der Waals surface area contributed by atoms with Crippen molar-refractivity contribution < 1.29 is 28.3 Å². The molecule has 0 aliphatic carbocycles. The first-order valence-electron chi connectivity index (χ1n) is 8.63. The number of amides is 2. The van der Waals surface area contributed by atoms with Crippen LogP contribution in [0.25, 0.3) is 10.8 Å². The fourth-order valence-corrected chi connectivity index (χ4v) is 5.49. The van der Waals surface area contributed by atoms with Crippen LogP contribution in [0.4, 0.5) is 5.69 Å². The molecule has 2 heterocycles. The van der Waals surface area contributed by atoms with Gasteiger partial charge in [0, 0.05) is 0 Å². The highest BCUT2D eigenvalue weighted by atomic mass is 31.2. The maximum absolute atomic E-state index is 13.5. The van der Waals surface area contributed by atoms with Crippen LogP contribution >= 0.6 is 7.60 Å². The second-order valence-electron chi connectivity index (χ2n) is 6.64. The van der Waals surface area contributed by atoms with E-state index in [0.717, 1.165) is 10.3 Å². The van der Waals surface area contributed by atoms with Crippen LogP contribution in [0.1, 0.15) is 6.42 Å². The van der Waals surface area contributed by atoms with Gasteiger partial charge >= 0.3 is 7.60 Å². The molecule has 0 saturated carbocycles. The van der Waals surface area contributed by atoms with E-state index in [-0.39, 0.29) is 12.2 Å². The van der Waals surface area contributed by atoms with Gasteiger partial charge in [0.25, 0.3) is 5.91 Å². The summed E-state index contributed by atoms with van der Waals surface area (Å²) in [4.78, 5) is 26.4. The van der Waals surface area contributed by atoms with Crippen LogP contribution < -0.4 is 13.9 Å². The van der Waals surface area contributed by atoms with E-state index >= 15 is 0 Å². The first-order chi connectivity index (χ1) is 13.5. The molecule has 2 aliphatic heterocycles. The number of phenols is 1. The minimum Gasteiger partial charge on any atom is -0.508 e. The van der Waals surface area contributed by atoms with E-state index in [1.165, 1.54) is 24.3 Å². The first-order valence-corrected chi connectivity index (χ1v) is 10.2. The zero-order valence-corrected chi connectivity index (χ0v) is 15.3. The van der Waals surface area contributed by atoms with Crippen LogP contribution in [0, 0.1) is 0 Å². The molecule has 28 heavy (non-hydrogen) atoms. The lowest BCUT2D eigenvalue weighted by Gasteiger charge is -2.29. The molecule has 0 radical (unpaired) electrons. The third-order valence-corrected chi connectivity index (χ3v) is 6.96. The summed E-state index contributed by atoms with van der Waals surface area (Å²) < 4.78 is 24.9. The quantitative estimate of drug-likeness (QED) is 0.524. The molecule has 7 nitrogen and oxygen atoms in total. The molecule has 140 valence electrons. The van der Waals surface area contributed by atoms with Gasteiger partial charge in [0.15, 0.2) is 5.66 Å². The third kappa shape index (κ3) is 2.40. The fourth-order valence-electron chi connectivity index (χ4n) is 3.58. The monoisotopic (exact) mass is 395 g/mol. The van der Waals surface area contributed by atoms with Crippen molar-refractivity contribution >= 4 is 35.9 Å². The van der Waals surface area contributed by atoms with Crippen LogP contribution in [0.5, 0.6) is 17.2 Å². The van der Waals surface area contributed by atoms with Gasteiger partial charge in [-0.3, -0.25) is 9.59 Å². The number of rotatable bonds is 2. The lowest BCUT2D eigenvalue weighted by atomic mass is 10.1. The summed E-state index contributed by atoms with van der Waals surface area (Å²) in [6, 6.07) is 16.3. The summed E-state index contributed by atoms with van der Waals surface area (Å²) in [6.07, 6.45) is -0.283. The van der Waals surface area contributed by atoms with Gasteiger partial charge in [-0.05, 0) is 41.8 Å². The van der Waals surface area contributed by atoms with Crippen LogP contribution in [0.15, 0.2) is 60.7 Å². The van der Waals surface area contributed by atoms with Gasteiger partial charge in [-0.25, -0.2) is 9.46 Å². The zero-order chi connectivity index (χ0) is 19.5. The van der Waals surface area contributed by atoms with Crippen molar-refractivity contribution in [3.63, 3.8) is 0 Å². The summed E-state index contributed by atoms with van der Waals surface area (Å²) in [7, 11) is -3.98. The first kappa shape index (κ1) is 16.8. The summed E-state index contributed by atoms with van der Waals surface area (Å²) in [6.45, 7) is 0. The van der Waals surface area contributed by atoms with E-state index in [1.54, 1.807) is 24.3 Å². The lowest BCUT2D eigenvalue weighted by molar-refractivity contribution is -0.121. The Kier molecular flexibility index (Phi) is 3.51. The maximum Gasteiger partial charge on any atom is 0.443 e. The number of hydrogen-bond donors (Lipinski definition) is 1. The largest absolute Gasteiger partial charge is 0.508 e. The standard InChI is InChI=1S/C20H14NO6P/c22-14-9-7-13(8-10-14)21-18(23)11-17(20(21)24)28(25)26-15-5-1-3-12-4-2-6-16(27-28)19(12)15/h1-10,17,22H,11H2. The van der Waals surface area contributed by atoms with Gasteiger partial charge in [0.2, 0.25) is 5.91 Å². The van der Waals surface area contributed by atoms with Crippen molar-refractivity contribution in [1.29, 1.82) is 0 Å². The number of imide groups is 1. The number of phenolic OH excluding ortho intramolecular Hbond substituents is 1. The highest BCUT2D eigenvalue weighted by molar-refractivity contribution is 7.57. The maximum atomic E-state index is 13.5. The number of carbonyl (C=O) groups is 2. The Morgan fingerprint density at radius 3 is 2.14 bits per heavy atom. The highest BCUT2D eigenvalue weighted by Crippen LogP contribution is 2.61. The van der Waals surface area contributed by atoms with Crippen LogP contribution in [-0.2, 0) is 14.2 Å². The molecule has 5 rings (SSSR count). The molecule has 0 spiro atoms. The van der Waals surface area contributed by atoms with Crippen molar-refractivity contribution in [2.24, 2.45) is 0 Å². The minimum absolute atomic E-state index is 0.0100. The van der Waals surface area contributed by atoms with Gasteiger partial charge in [-0.2, -0.15) is 0 Å². The number of hydrogen-bond acceptors (Lipinski definition) is 6. The number of anilines is 1. The molecular formula is C20H14NO6P. The molecule has 1 fully saturated rings. The topological polar surface area (TPSA) is 93.1 Å². The van der Waals surface area contributed by atoms with E-state index in [0.29, 0.717) is 22.6 Å². The molecule has 3 aromatic rings. The Balaban J connectivity index is 1.53. The van der Waals surface area contributed by atoms with Gasteiger partial charge in [-0.15, -0.1) is 0 Å². The average molecular weight is 395 g/mol. The number of nitrogens with zero attached hydrogens (tertiary/aromatic N) is 1. The predicted molar refractivity (Wildman–Crippen MR) is 102 cm³/mol. The fraction of sp³-hybridized carbons (Fsp3) is 0.100. The molecular weight excluding hydrogens is 381 g/mol. The molecule has 2 amide bonds. The van der Waals surface area contributed by atoms with Gasteiger partial charge < -0.3 is 14.2 Å². The molecule has 0 aromatic heterocycles. The second-order valence-corrected chi connectivity index (χ2v) is 8.70. The average Bonchev–Trinajstić information content (AvgIpc) is 2.98. The second kappa shape index (κ2) is 5.84. The molecule has 8 heteroatoms. The van der Waals surface area contributed by atoms with Crippen molar-refractivity contribution in [2.45, 2.75) is 12.1 Å². The number of carbonyl (C=O) groups excluding carboxylic acids is 2. The van der Waals surface area contributed by atoms with E-state index in [4.69, 9.17) is 9.05 Å². The van der Waals surface area contributed by atoms with Crippen molar-refractivity contribution in [2.75, 3.05) is 4.90 Å². The number of aromatic hydroxyl groups is 1. The van der Waals surface area contributed by atoms with Crippen LogP contribution in [0.2, 0.25) is 0 Å². The highest BCUT2D eigenvalue weighted by Gasteiger charge is 2.55. The van der Waals surface area contributed by atoms with Gasteiger partial charge in [0.05, 0.1) is 17.5 Å². The summed E-state index contributed by atoms with van der Waals surface area (Å²) in [5, 5.41) is 11.0. The van der Waals surface area contributed by atoms with Crippen molar-refractivity contribution in [1.82, 2.24) is 0 Å². The third-order valence-electron chi connectivity index (χ3n) is 4.89. The molecule has 1 saturated heterocycles. The minimum atomic E-state index is -3.98. The van der Waals surface area contributed by atoms with Crippen molar-refractivity contribution in [3.8, 4) is 17.2 Å². The van der Waals surface area contributed by atoms with Gasteiger partial charge in [-0.1, -0.05) is 24.3 Å². The lowest BCUT2D eigenvalue weighted by Crippen LogP contribution is -2.33. The van der Waals surface area contributed by atoms with E-state index in [9.17, 15) is 19.3 Å². The summed E-state index contributed by atoms with van der Waals surface area (Å²) >= 11 is 0. The molecule has 3 aromatic carbocycles. The van der Waals surface area contributed by atoms with E-state index in [2.05, 4.69) is 0 Å². The van der Waals surface area contributed by atoms with Crippen LogP contribution in [0.3, 0.4) is 0 Å². The van der Waals surface area contributed by atoms with Gasteiger partial charge in [0.1, 0.15) is 17.2 Å². The molecule has 1 unspecified atom stereocenters. The SMILES string of the molecule is O=C1CC(P2(=O)Oc3cccc4cccc(c34)O2)C(=O)N1c1ccc(O)cc1. The summed E-state index contributed by atoms with van der Waals surface area (Å²) in [5.74, 6) is -0.404. The normalized spacial score (nSPS) is 20.1. The van der Waals surface area contributed by atoms with E-state index in [1.807, 2.05) is 12.1 Å². The van der Waals surface area contributed by atoms with Crippen molar-refractivity contribution in [3.05, 3.63) is 60.7 Å². The van der Waals surface area contributed by atoms with E-state index < -0.39 is 25.1 Å². The zero-order valence-electron chi connectivity index (χ0n) is 14.4. The summed E-state index contributed by atoms with van der Waals surface area (Å²) in [5.41, 5.74) is -0.946. The Bertz CT molecular complexity index is 1140. The molecule has 1 atom stereocenters.